The van der Waals surface area contributed by atoms with Crippen molar-refractivity contribution in [1.82, 2.24) is 24.7 Å². The van der Waals surface area contributed by atoms with Gasteiger partial charge in [0.25, 0.3) is 5.56 Å². The number of hydrogen-bond donors (Lipinski definition) is 1. The van der Waals surface area contributed by atoms with Gasteiger partial charge in [0.1, 0.15) is 17.9 Å². The molecular weight excluding hydrogens is 366 g/mol. The molecular formula is C22H21N5O2. The highest BCUT2D eigenvalue weighted by molar-refractivity contribution is 5.75. The summed E-state index contributed by atoms with van der Waals surface area (Å²) in [6.07, 6.45) is 0.732. The molecule has 0 saturated heterocycles. The summed E-state index contributed by atoms with van der Waals surface area (Å²) in [6, 6.07) is 21.3. The Kier molecular flexibility index (Phi) is 5.20. The van der Waals surface area contributed by atoms with Gasteiger partial charge >= 0.3 is 0 Å². The number of nitrogens with zero attached hydrogens (tertiary/aromatic N) is 4. The zero-order valence-electron chi connectivity index (χ0n) is 16.1. The second kappa shape index (κ2) is 8.10. The van der Waals surface area contributed by atoms with Gasteiger partial charge in [-0.05, 0) is 25.0 Å². The van der Waals surface area contributed by atoms with Gasteiger partial charge < -0.3 is 5.32 Å². The predicted octanol–water partition coefficient (Wildman–Crippen LogP) is 2.23. The Morgan fingerprint density at radius 1 is 1.00 bits per heavy atom. The highest BCUT2D eigenvalue weighted by Gasteiger charge is 2.14. The fourth-order valence-electron chi connectivity index (χ4n) is 3.21. The Balaban J connectivity index is 1.51. The lowest BCUT2D eigenvalue weighted by molar-refractivity contribution is -0.121. The summed E-state index contributed by atoms with van der Waals surface area (Å²) in [5.74, 6) is 0.293. The lowest BCUT2D eigenvalue weighted by atomic mass is 10.1. The van der Waals surface area contributed by atoms with E-state index in [1.54, 1.807) is 13.0 Å². The van der Waals surface area contributed by atoms with E-state index in [4.69, 9.17) is 0 Å². The van der Waals surface area contributed by atoms with Gasteiger partial charge in [-0.15, -0.1) is 0 Å². The minimum Gasteiger partial charge on any atom is -0.354 e. The summed E-state index contributed by atoms with van der Waals surface area (Å²) < 4.78 is 2.72. The molecule has 0 saturated carbocycles. The van der Waals surface area contributed by atoms with E-state index >= 15 is 0 Å². The van der Waals surface area contributed by atoms with Gasteiger partial charge in [-0.2, -0.15) is 10.2 Å². The first-order valence-corrected chi connectivity index (χ1v) is 9.45. The molecule has 0 unspecified atom stereocenters. The standard InChI is InChI=1S/C22H21N5O2/c1-16-24-26(15-21(28)23-13-12-17-8-4-2-5-9-17)22(29)20-14-19(25-27(16)20)18-10-6-3-7-11-18/h2-11,14H,12-13,15H2,1H3,(H,23,28). The van der Waals surface area contributed by atoms with Gasteiger partial charge in [-0.25, -0.2) is 9.20 Å². The van der Waals surface area contributed by atoms with Crippen molar-refractivity contribution in [2.45, 2.75) is 19.9 Å². The Morgan fingerprint density at radius 3 is 2.41 bits per heavy atom. The molecule has 4 aromatic rings. The summed E-state index contributed by atoms with van der Waals surface area (Å²) in [7, 11) is 0. The van der Waals surface area contributed by atoms with Crippen LogP contribution >= 0.6 is 0 Å². The third-order valence-corrected chi connectivity index (χ3v) is 4.68. The summed E-state index contributed by atoms with van der Waals surface area (Å²) in [5, 5.41) is 11.6. The molecule has 29 heavy (non-hydrogen) atoms. The molecule has 2 heterocycles. The van der Waals surface area contributed by atoms with Gasteiger partial charge in [0.15, 0.2) is 0 Å². The first-order chi connectivity index (χ1) is 14.1. The molecule has 0 aliphatic rings. The molecule has 0 aliphatic heterocycles. The summed E-state index contributed by atoms with van der Waals surface area (Å²) in [5.41, 5.74) is 2.81. The summed E-state index contributed by atoms with van der Waals surface area (Å²) in [4.78, 5) is 25.1. The van der Waals surface area contributed by atoms with Crippen LogP contribution in [-0.4, -0.2) is 31.8 Å². The smallest absolute Gasteiger partial charge is 0.293 e. The zero-order chi connectivity index (χ0) is 20.2. The van der Waals surface area contributed by atoms with Crippen LogP contribution in [0.2, 0.25) is 0 Å². The number of fused-ring (bicyclic) bond motifs is 1. The summed E-state index contributed by atoms with van der Waals surface area (Å²) >= 11 is 0. The number of nitrogens with one attached hydrogen (secondary N) is 1. The van der Waals surface area contributed by atoms with E-state index in [9.17, 15) is 9.59 Å². The van der Waals surface area contributed by atoms with E-state index in [0.717, 1.165) is 17.5 Å². The van der Waals surface area contributed by atoms with E-state index in [-0.39, 0.29) is 18.0 Å². The molecule has 0 radical (unpaired) electrons. The first-order valence-electron chi connectivity index (χ1n) is 9.45. The molecule has 0 aliphatic carbocycles. The number of rotatable bonds is 6. The topological polar surface area (TPSA) is 81.3 Å². The molecule has 0 spiro atoms. The van der Waals surface area contributed by atoms with Crippen LogP contribution in [0.4, 0.5) is 0 Å². The number of hydrogen-bond acceptors (Lipinski definition) is 4. The van der Waals surface area contributed by atoms with Crippen molar-refractivity contribution in [2.24, 2.45) is 0 Å². The van der Waals surface area contributed by atoms with Crippen molar-refractivity contribution in [3.8, 4) is 11.3 Å². The number of benzene rings is 2. The average molecular weight is 387 g/mol. The number of aryl methyl sites for hydroxylation is 1. The quantitative estimate of drug-likeness (QED) is 0.550. The Morgan fingerprint density at radius 2 is 1.69 bits per heavy atom. The fourth-order valence-corrected chi connectivity index (χ4v) is 3.21. The number of carbonyl (C=O) groups is 1. The fraction of sp³-hybridized carbons (Fsp3) is 0.182. The number of amides is 1. The Labute approximate surface area is 167 Å². The molecule has 2 aromatic carbocycles. The van der Waals surface area contributed by atoms with Crippen molar-refractivity contribution in [3.63, 3.8) is 0 Å². The maximum atomic E-state index is 12.8. The van der Waals surface area contributed by atoms with E-state index in [1.807, 2.05) is 60.7 Å². The molecule has 0 fully saturated rings. The highest BCUT2D eigenvalue weighted by Crippen LogP contribution is 2.18. The predicted molar refractivity (Wildman–Crippen MR) is 111 cm³/mol. The van der Waals surface area contributed by atoms with E-state index < -0.39 is 0 Å². The van der Waals surface area contributed by atoms with Crippen molar-refractivity contribution in [3.05, 3.63) is 88.5 Å². The van der Waals surface area contributed by atoms with Crippen LogP contribution in [0.3, 0.4) is 0 Å². The van der Waals surface area contributed by atoms with Crippen LogP contribution in [0.5, 0.6) is 0 Å². The molecule has 7 nitrogen and oxygen atoms in total. The van der Waals surface area contributed by atoms with Crippen molar-refractivity contribution < 1.29 is 4.79 Å². The van der Waals surface area contributed by atoms with Gasteiger partial charge in [-0.1, -0.05) is 60.7 Å². The number of carbonyl (C=O) groups excluding carboxylic acids is 1. The number of aromatic nitrogens is 4. The van der Waals surface area contributed by atoms with Crippen LogP contribution in [0.1, 0.15) is 11.4 Å². The van der Waals surface area contributed by atoms with Gasteiger partial charge in [0.05, 0.1) is 5.69 Å². The highest BCUT2D eigenvalue weighted by atomic mass is 16.2. The van der Waals surface area contributed by atoms with E-state index in [0.29, 0.717) is 23.6 Å². The second-order valence-corrected chi connectivity index (χ2v) is 6.79. The van der Waals surface area contributed by atoms with Gasteiger partial charge in [0, 0.05) is 12.1 Å². The average Bonchev–Trinajstić information content (AvgIpc) is 3.20. The van der Waals surface area contributed by atoms with E-state index in [1.165, 1.54) is 9.20 Å². The maximum Gasteiger partial charge on any atom is 0.293 e. The van der Waals surface area contributed by atoms with Crippen LogP contribution in [0.25, 0.3) is 16.8 Å². The zero-order valence-corrected chi connectivity index (χ0v) is 16.1. The molecule has 0 atom stereocenters. The largest absolute Gasteiger partial charge is 0.354 e. The van der Waals surface area contributed by atoms with Gasteiger partial charge in [0.2, 0.25) is 5.91 Å². The lowest BCUT2D eigenvalue weighted by Gasteiger charge is -2.08. The van der Waals surface area contributed by atoms with Gasteiger partial charge in [-0.3, -0.25) is 9.59 Å². The maximum absolute atomic E-state index is 12.8. The third kappa shape index (κ3) is 4.08. The van der Waals surface area contributed by atoms with Crippen molar-refractivity contribution >= 4 is 11.4 Å². The molecule has 146 valence electrons. The van der Waals surface area contributed by atoms with E-state index in [2.05, 4.69) is 15.5 Å². The van der Waals surface area contributed by atoms with Crippen molar-refractivity contribution in [1.29, 1.82) is 0 Å². The SMILES string of the molecule is Cc1nn(CC(=O)NCCc2ccccc2)c(=O)c2cc(-c3ccccc3)nn12. The summed E-state index contributed by atoms with van der Waals surface area (Å²) in [6.45, 7) is 2.14. The van der Waals surface area contributed by atoms with Crippen LogP contribution < -0.4 is 10.9 Å². The Bertz CT molecular complexity index is 1200. The molecule has 2 aromatic heterocycles. The van der Waals surface area contributed by atoms with Crippen LogP contribution in [0.15, 0.2) is 71.5 Å². The molecule has 1 amide bonds. The van der Waals surface area contributed by atoms with Crippen LogP contribution in [-0.2, 0) is 17.8 Å². The first kappa shape index (κ1) is 18.6. The normalized spacial score (nSPS) is 10.9. The Hall–Kier alpha value is -3.74. The molecule has 0 bridgehead atoms. The third-order valence-electron chi connectivity index (χ3n) is 4.68. The molecule has 7 heteroatoms. The monoisotopic (exact) mass is 387 g/mol. The van der Waals surface area contributed by atoms with Crippen molar-refractivity contribution in [2.75, 3.05) is 6.54 Å². The molecule has 4 rings (SSSR count). The van der Waals surface area contributed by atoms with Crippen LogP contribution in [0, 0.1) is 6.92 Å². The minimum atomic E-state index is -0.344. The molecule has 1 N–H and O–H groups in total. The lowest BCUT2D eigenvalue weighted by Crippen LogP contribution is -2.35. The second-order valence-electron chi connectivity index (χ2n) is 6.79. The minimum absolute atomic E-state index is 0.128.